The summed E-state index contributed by atoms with van der Waals surface area (Å²) in [5.41, 5.74) is -0.412. The summed E-state index contributed by atoms with van der Waals surface area (Å²) in [6, 6.07) is -2.07. The normalized spacial score (nSPS) is 17.9. The van der Waals surface area contributed by atoms with Crippen molar-refractivity contribution in [3.63, 3.8) is 0 Å². The van der Waals surface area contributed by atoms with Gasteiger partial charge >= 0.3 is 6.03 Å². The summed E-state index contributed by atoms with van der Waals surface area (Å²) < 4.78 is 0. The van der Waals surface area contributed by atoms with Crippen LogP contribution in [0, 0.1) is 17.3 Å². The first-order valence-corrected chi connectivity index (χ1v) is 15.7. The van der Waals surface area contributed by atoms with Gasteiger partial charge in [-0.1, -0.05) is 67.9 Å². The van der Waals surface area contributed by atoms with Crippen LogP contribution in [0.1, 0.15) is 101 Å². The van der Waals surface area contributed by atoms with Crippen LogP contribution in [-0.4, -0.2) is 78.0 Å². The minimum absolute atomic E-state index is 0.0243. The fraction of sp³-hybridized carbons (Fsp3) is 0.750. The predicted molar refractivity (Wildman–Crippen MR) is 169 cm³/mol. The molecule has 43 heavy (non-hydrogen) atoms. The van der Waals surface area contributed by atoms with E-state index in [9.17, 15) is 28.8 Å². The molecule has 4 N–H and O–H groups in total. The highest BCUT2D eigenvalue weighted by Gasteiger charge is 2.40. The Morgan fingerprint density at radius 2 is 1.63 bits per heavy atom. The van der Waals surface area contributed by atoms with E-state index in [1.165, 1.54) is 6.08 Å². The maximum atomic E-state index is 13.0. The van der Waals surface area contributed by atoms with Crippen LogP contribution in [0.2, 0.25) is 0 Å². The van der Waals surface area contributed by atoms with Gasteiger partial charge in [0.1, 0.15) is 6.04 Å². The molecule has 0 radical (unpaired) electrons. The van der Waals surface area contributed by atoms with E-state index < -0.39 is 41.3 Å². The van der Waals surface area contributed by atoms with E-state index >= 15 is 0 Å². The van der Waals surface area contributed by atoms with E-state index in [2.05, 4.69) is 27.8 Å². The summed E-state index contributed by atoms with van der Waals surface area (Å²) in [5.74, 6) is -1.12. The molecule has 1 aliphatic heterocycles. The number of hydrogen-bond donors (Lipinski definition) is 4. The molecule has 1 heterocycles. The second kappa shape index (κ2) is 19.9. The quantitative estimate of drug-likeness (QED) is 0.135. The fourth-order valence-corrected chi connectivity index (χ4v) is 4.65. The van der Waals surface area contributed by atoms with E-state index in [0.717, 1.165) is 32.2 Å². The monoisotopic (exact) mass is 607 g/mol. The molecule has 2 aliphatic rings. The van der Waals surface area contributed by atoms with Crippen LogP contribution in [0.25, 0.3) is 0 Å². The Bertz CT molecular complexity index is 941. The van der Waals surface area contributed by atoms with Crippen molar-refractivity contribution in [2.75, 3.05) is 13.1 Å². The summed E-state index contributed by atoms with van der Waals surface area (Å²) in [4.78, 5) is 72.9. The lowest BCUT2D eigenvalue weighted by Gasteiger charge is -2.35. The van der Waals surface area contributed by atoms with Gasteiger partial charge in [0.05, 0.1) is 12.1 Å². The lowest BCUT2D eigenvalue weighted by molar-refractivity contribution is -0.139. The number of hydrogen-bond acceptors (Lipinski definition) is 6. The Balaban J connectivity index is 0.000000887. The maximum absolute atomic E-state index is 13.0. The highest BCUT2D eigenvalue weighted by molar-refractivity contribution is 6.38. The van der Waals surface area contributed by atoms with Gasteiger partial charge in [-0.25, -0.2) is 4.79 Å². The Hall–Kier alpha value is -3.24. The number of rotatable bonds is 14. The van der Waals surface area contributed by atoms with Crippen LogP contribution in [-0.2, 0) is 24.0 Å². The van der Waals surface area contributed by atoms with Crippen LogP contribution >= 0.6 is 0 Å². The maximum Gasteiger partial charge on any atom is 0.316 e. The van der Waals surface area contributed by atoms with E-state index in [4.69, 9.17) is 0 Å². The number of carbonyl (C=O) groups excluding carboxylic acids is 6. The molecule has 0 aromatic heterocycles. The number of amides is 5. The van der Waals surface area contributed by atoms with Crippen LogP contribution in [0.5, 0.6) is 0 Å². The number of ketones is 2. The first-order chi connectivity index (χ1) is 20.2. The van der Waals surface area contributed by atoms with Crippen molar-refractivity contribution in [1.82, 2.24) is 26.2 Å². The van der Waals surface area contributed by atoms with Crippen LogP contribution in [0.3, 0.4) is 0 Å². The molecule has 4 atom stereocenters. The Labute approximate surface area is 258 Å². The van der Waals surface area contributed by atoms with Gasteiger partial charge in [-0.05, 0) is 50.4 Å². The fourth-order valence-electron chi connectivity index (χ4n) is 4.65. The van der Waals surface area contributed by atoms with E-state index in [1.54, 1.807) is 0 Å². The molecule has 246 valence electrons. The van der Waals surface area contributed by atoms with Crippen molar-refractivity contribution < 1.29 is 28.8 Å². The molecule has 2 rings (SSSR count). The zero-order chi connectivity index (χ0) is 33.3. The minimum atomic E-state index is -0.725. The van der Waals surface area contributed by atoms with E-state index in [-0.39, 0.29) is 36.1 Å². The topological polar surface area (TPSA) is 154 Å². The smallest absolute Gasteiger partial charge is 0.316 e. The van der Waals surface area contributed by atoms with Crippen LogP contribution < -0.4 is 21.3 Å². The summed E-state index contributed by atoms with van der Waals surface area (Å²) in [6.07, 6.45) is 6.92. The highest BCUT2D eigenvalue weighted by Crippen LogP contribution is 2.32. The van der Waals surface area contributed by atoms with Gasteiger partial charge < -0.3 is 26.2 Å². The van der Waals surface area contributed by atoms with Gasteiger partial charge in [-0.15, -0.1) is 6.58 Å². The lowest BCUT2D eigenvalue weighted by atomic mass is 9.85. The van der Waals surface area contributed by atoms with Crippen LogP contribution in [0.15, 0.2) is 12.7 Å². The summed E-state index contributed by atoms with van der Waals surface area (Å²) in [5, 5.41) is 10.4. The number of likely N-dealkylation sites (tertiary alicyclic amines) is 1. The van der Waals surface area contributed by atoms with Crippen molar-refractivity contribution >= 4 is 35.8 Å². The minimum Gasteiger partial charge on any atom is -0.348 e. The Morgan fingerprint density at radius 3 is 2.05 bits per heavy atom. The zero-order valence-corrected chi connectivity index (χ0v) is 27.9. The van der Waals surface area contributed by atoms with Gasteiger partial charge in [-0.3, -0.25) is 24.0 Å². The van der Waals surface area contributed by atoms with E-state index in [0.29, 0.717) is 19.3 Å². The first-order valence-electron chi connectivity index (χ1n) is 15.7. The molecule has 4 unspecified atom stereocenters. The van der Waals surface area contributed by atoms with Crippen molar-refractivity contribution in [2.24, 2.45) is 17.3 Å². The SMILES string of the molecule is C=CCNC(=O)C(=O)C(CCC)NC=O.CC.CC(C)C(NC(=O)NC(C(=O)N1CCCC1C)C(C)(C)C)C(=O)C1CC1. The molecule has 11 nitrogen and oxygen atoms in total. The first kappa shape index (κ1) is 39.8. The average molecular weight is 608 g/mol. The van der Waals surface area contributed by atoms with Crippen molar-refractivity contribution in [3.8, 4) is 0 Å². The van der Waals surface area contributed by atoms with Gasteiger partial charge in [0, 0.05) is 25.0 Å². The number of nitrogens with one attached hydrogen (secondary N) is 4. The predicted octanol–water partition coefficient (Wildman–Crippen LogP) is 3.51. The van der Waals surface area contributed by atoms with Crippen molar-refractivity contribution in [2.45, 2.75) is 125 Å². The lowest BCUT2D eigenvalue weighted by Crippen LogP contribution is -2.59. The number of nitrogens with zero attached hydrogens (tertiary/aromatic N) is 1. The molecular weight excluding hydrogens is 550 g/mol. The zero-order valence-electron chi connectivity index (χ0n) is 27.9. The average Bonchev–Trinajstić information content (AvgIpc) is 3.72. The van der Waals surface area contributed by atoms with Crippen LogP contribution in [0.4, 0.5) is 4.79 Å². The Morgan fingerprint density at radius 1 is 1.02 bits per heavy atom. The molecule has 0 spiro atoms. The molecule has 1 saturated heterocycles. The molecule has 11 heteroatoms. The van der Waals surface area contributed by atoms with Gasteiger partial charge in [0.25, 0.3) is 5.91 Å². The second-order valence-electron chi connectivity index (χ2n) is 12.3. The largest absolute Gasteiger partial charge is 0.348 e. The molecule has 0 aromatic rings. The molecule has 0 aromatic carbocycles. The third kappa shape index (κ3) is 13.7. The van der Waals surface area contributed by atoms with Gasteiger partial charge in [-0.2, -0.15) is 0 Å². The number of urea groups is 1. The number of carbonyl (C=O) groups is 6. The Kier molecular flexibility index (Phi) is 18.4. The van der Waals surface area contributed by atoms with Gasteiger partial charge in [0.2, 0.25) is 18.1 Å². The number of Topliss-reactive ketones (excluding diaryl/α,β-unsaturated/α-hetero) is 2. The van der Waals surface area contributed by atoms with E-state index in [1.807, 2.05) is 67.2 Å². The molecular formula is C32H57N5O6. The molecule has 0 bridgehead atoms. The second-order valence-corrected chi connectivity index (χ2v) is 12.3. The summed E-state index contributed by atoms with van der Waals surface area (Å²) in [7, 11) is 0. The summed E-state index contributed by atoms with van der Waals surface area (Å²) >= 11 is 0. The third-order valence-electron chi connectivity index (χ3n) is 7.26. The molecule has 1 saturated carbocycles. The van der Waals surface area contributed by atoms with Crippen molar-refractivity contribution in [1.29, 1.82) is 0 Å². The molecule has 1 aliphatic carbocycles. The highest BCUT2D eigenvalue weighted by atomic mass is 16.2. The van der Waals surface area contributed by atoms with Crippen molar-refractivity contribution in [3.05, 3.63) is 12.7 Å². The summed E-state index contributed by atoms with van der Waals surface area (Å²) in [6.45, 7) is 22.0. The van der Waals surface area contributed by atoms with Gasteiger partial charge in [0.15, 0.2) is 5.78 Å². The molecule has 2 fully saturated rings. The molecule has 5 amide bonds. The third-order valence-corrected chi connectivity index (χ3v) is 7.26. The standard InChI is InChI=1S/C20H35N3O3.C10H16N2O3.C2H6/c1-12(2)15(16(24)14-9-10-14)21-19(26)22-17(20(4,5)6)18(25)23-11-7-8-13(23)3;1-3-5-8(12-7-13)9(14)10(15)11-6-4-2;1-2/h12-15,17H,7-11H2,1-6H3,(H2,21,22,26);4,7-8H,2-3,5-6H2,1H3,(H,11,15)(H,12,13);1-2H3.